The number of nitrogens with one attached hydrogen (secondary N) is 1. The summed E-state index contributed by atoms with van der Waals surface area (Å²) in [6.45, 7) is 1.95. The molecule has 4 aromatic rings. The smallest absolute Gasteiger partial charge is 0.264 e. The maximum absolute atomic E-state index is 13.7. The average molecular weight is 576 g/mol. The fourth-order valence-electron chi connectivity index (χ4n) is 4.66. The van der Waals surface area contributed by atoms with Gasteiger partial charge < -0.3 is 5.32 Å². The number of benzene rings is 3. The van der Waals surface area contributed by atoms with Crippen LogP contribution in [0.2, 0.25) is 5.02 Å². The average Bonchev–Trinajstić information content (AvgIpc) is 3.29. The van der Waals surface area contributed by atoms with E-state index in [1.165, 1.54) is 20.5 Å². The van der Waals surface area contributed by atoms with Crippen molar-refractivity contribution in [2.75, 3.05) is 9.62 Å². The van der Waals surface area contributed by atoms with Crippen molar-refractivity contribution in [1.29, 1.82) is 5.26 Å². The predicted molar refractivity (Wildman–Crippen MR) is 156 cm³/mol. The fraction of sp³-hybridized carbons (Fsp3) is 0.200. The number of hydrogen-bond acceptors (Lipinski definition) is 5. The molecule has 1 heterocycles. The van der Waals surface area contributed by atoms with E-state index in [1.54, 1.807) is 72.8 Å². The lowest BCUT2D eigenvalue weighted by molar-refractivity contribution is 0.102. The van der Waals surface area contributed by atoms with E-state index in [1.807, 2.05) is 6.92 Å². The minimum Gasteiger partial charge on any atom is -0.312 e. The molecule has 0 unspecified atom stereocenters. The Balaban J connectivity index is 1.39. The monoisotopic (exact) mass is 575 g/mol. The van der Waals surface area contributed by atoms with Gasteiger partial charge in [-0.2, -0.15) is 5.26 Å². The number of thiophene rings is 1. The standard InChI is InChI=1S/C30H26ClN3O3S2/c1-20-9-15-25(16-10-20)39(36,37)34(24-6-4-5-23(31)17-24)19-21-11-13-22(14-12-21)29(35)33-30-27(18-32)26-7-2-3-8-28(26)38-30/h4-6,9-17H,2-3,7-8,19H2,1H3,(H,33,35). The van der Waals surface area contributed by atoms with Crippen molar-refractivity contribution in [3.63, 3.8) is 0 Å². The molecule has 1 aliphatic rings. The molecule has 0 atom stereocenters. The number of fused-ring (bicyclic) bond motifs is 1. The Labute approximate surface area is 237 Å². The minimum atomic E-state index is -3.90. The van der Waals surface area contributed by atoms with Gasteiger partial charge in [0.15, 0.2) is 0 Å². The van der Waals surface area contributed by atoms with Gasteiger partial charge in [0.2, 0.25) is 0 Å². The van der Waals surface area contributed by atoms with Crippen LogP contribution in [0, 0.1) is 18.3 Å². The zero-order valence-electron chi connectivity index (χ0n) is 21.3. The third-order valence-electron chi connectivity index (χ3n) is 6.76. The number of nitriles is 1. The molecule has 0 fully saturated rings. The van der Waals surface area contributed by atoms with Crippen molar-refractivity contribution in [3.8, 4) is 6.07 Å². The maximum Gasteiger partial charge on any atom is 0.264 e. The van der Waals surface area contributed by atoms with Crippen LogP contribution in [0.5, 0.6) is 0 Å². The summed E-state index contributed by atoms with van der Waals surface area (Å²) in [7, 11) is -3.90. The Hall–Kier alpha value is -3.64. The van der Waals surface area contributed by atoms with Crippen molar-refractivity contribution in [1.82, 2.24) is 0 Å². The summed E-state index contributed by atoms with van der Waals surface area (Å²) in [5.41, 5.74) is 4.15. The third-order valence-corrected chi connectivity index (χ3v) is 9.99. The van der Waals surface area contributed by atoms with Crippen LogP contribution in [0.1, 0.15) is 50.3 Å². The number of amides is 1. The second-order valence-corrected chi connectivity index (χ2v) is 12.9. The van der Waals surface area contributed by atoms with Crippen molar-refractivity contribution in [3.05, 3.63) is 111 Å². The molecule has 0 saturated carbocycles. The number of aryl methyl sites for hydroxylation is 2. The Morgan fingerprint density at radius 2 is 1.77 bits per heavy atom. The second-order valence-electron chi connectivity index (χ2n) is 9.48. The Bertz CT molecular complexity index is 1670. The Kier molecular flexibility index (Phi) is 7.76. The molecule has 9 heteroatoms. The molecule has 6 nitrogen and oxygen atoms in total. The van der Waals surface area contributed by atoms with Crippen LogP contribution in [0.15, 0.2) is 77.7 Å². The van der Waals surface area contributed by atoms with Gasteiger partial charge in [-0.05, 0) is 86.2 Å². The molecule has 39 heavy (non-hydrogen) atoms. The van der Waals surface area contributed by atoms with Gasteiger partial charge in [-0.25, -0.2) is 8.42 Å². The first kappa shape index (κ1) is 26.9. The predicted octanol–water partition coefficient (Wildman–Crippen LogP) is 7.11. The van der Waals surface area contributed by atoms with Crippen LogP contribution in [0.25, 0.3) is 0 Å². The van der Waals surface area contributed by atoms with E-state index >= 15 is 0 Å². The van der Waals surface area contributed by atoms with E-state index in [0.717, 1.165) is 36.8 Å². The van der Waals surface area contributed by atoms with E-state index in [4.69, 9.17) is 11.6 Å². The van der Waals surface area contributed by atoms with Gasteiger partial charge >= 0.3 is 0 Å². The molecule has 0 aliphatic heterocycles. The van der Waals surface area contributed by atoms with E-state index in [-0.39, 0.29) is 17.3 Å². The number of nitrogens with zero attached hydrogens (tertiary/aromatic N) is 2. The maximum atomic E-state index is 13.7. The van der Waals surface area contributed by atoms with Crippen LogP contribution >= 0.6 is 22.9 Å². The lowest BCUT2D eigenvalue weighted by atomic mass is 9.96. The van der Waals surface area contributed by atoms with E-state index in [0.29, 0.717) is 32.4 Å². The van der Waals surface area contributed by atoms with Crippen LogP contribution in [-0.2, 0) is 29.4 Å². The molecule has 1 amide bonds. The zero-order chi connectivity index (χ0) is 27.6. The minimum absolute atomic E-state index is 0.0503. The molecule has 0 spiro atoms. The summed E-state index contributed by atoms with van der Waals surface area (Å²) < 4.78 is 28.7. The molecule has 0 radical (unpaired) electrons. The molecule has 5 rings (SSSR count). The topological polar surface area (TPSA) is 90.3 Å². The van der Waals surface area contributed by atoms with Crippen LogP contribution in [0.4, 0.5) is 10.7 Å². The number of hydrogen-bond donors (Lipinski definition) is 1. The molecular weight excluding hydrogens is 550 g/mol. The molecule has 3 aromatic carbocycles. The molecule has 1 N–H and O–H groups in total. The summed E-state index contributed by atoms with van der Waals surface area (Å²) in [5.74, 6) is -0.310. The van der Waals surface area contributed by atoms with Crippen molar-refractivity contribution in [2.24, 2.45) is 0 Å². The largest absolute Gasteiger partial charge is 0.312 e. The highest BCUT2D eigenvalue weighted by Gasteiger charge is 2.26. The molecule has 0 bridgehead atoms. The van der Waals surface area contributed by atoms with Crippen molar-refractivity contribution < 1.29 is 13.2 Å². The highest BCUT2D eigenvalue weighted by Crippen LogP contribution is 2.38. The molecule has 0 saturated heterocycles. The van der Waals surface area contributed by atoms with E-state index in [9.17, 15) is 18.5 Å². The third kappa shape index (κ3) is 5.71. The zero-order valence-corrected chi connectivity index (χ0v) is 23.7. The molecule has 1 aromatic heterocycles. The van der Waals surface area contributed by atoms with Gasteiger partial charge in [0.1, 0.15) is 11.1 Å². The highest BCUT2D eigenvalue weighted by molar-refractivity contribution is 7.92. The van der Waals surface area contributed by atoms with E-state index in [2.05, 4.69) is 11.4 Å². The van der Waals surface area contributed by atoms with Gasteiger partial charge in [0, 0.05) is 15.5 Å². The number of anilines is 2. The van der Waals surface area contributed by atoms with Gasteiger partial charge in [-0.1, -0.05) is 47.5 Å². The molecular formula is C30H26ClN3O3S2. The van der Waals surface area contributed by atoms with Crippen LogP contribution < -0.4 is 9.62 Å². The summed E-state index contributed by atoms with van der Waals surface area (Å²) in [6.07, 6.45) is 3.96. The van der Waals surface area contributed by atoms with Crippen LogP contribution in [-0.4, -0.2) is 14.3 Å². The van der Waals surface area contributed by atoms with Crippen molar-refractivity contribution in [2.45, 2.75) is 44.0 Å². The number of sulfonamides is 1. The fourth-order valence-corrected chi connectivity index (χ4v) is 7.52. The number of rotatable bonds is 7. The lowest BCUT2D eigenvalue weighted by Crippen LogP contribution is -2.30. The lowest BCUT2D eigenvalue weighted by Gasteiger charge is -2.25. The summed E-state index contributed by atoms with van der Waals surface area (Å²) in [4.78, 5) is 14.4. The first-order chi connectivity index (χ1) is 18.8. The SMILES string of the molecule is Cc1ccc(S(=O)(=O)N(Cc2ccc(C(=O)Nc3sc4c(c3C#N)CCCC4)cc2)c2cccc(Cl)c2)cc1. The second kappa shape index (κ2) is 11.2. The summed E-state index contributed by atoms with van der Waals surface area (Å²) >= 11 is 7.68. The summed E-state index contributed by atoms with van der Waals surface area (Å²) in [6, 6.07) is 22.5. The Morgan fingerprint density at radius 3 is 2.46 bits per heavy atom. The van der Waals surface area contributed by atoms with Gasteiger partial charge in [-0.15, -0.1) is 11.3 Å². The number of carbonyl (C=O) groups is 1. The molecule has 198 valence electrons. The molecule has 1 aliphatic carbocycles. The first-order valence-electron chi connectivity index (χ1n) is 12.6. The highest BCUT2D eigenvalue weighted by atomic mass is 35.5. The quantitative estimate of drug-likeness (QED) is 0.254. The van der Waals surface area contributed by atoms with Gasteiger partial charge in [0.05, 0.1) is 22.7 Å². The van der Waals surface area contributed by atoms with Gasteiger partial charge in [-0.3, -0.25) is 9.10 Å². The van der Waals surface area contributed by atoms with E-state index < -0.39 is 10.0 Å². The van der Waals surface area contributed by atoms with Gasteiger partial charge in [0.25, 0.3) is 15.9 Å². The van der Waals surface area contributed by atoms with Crippen molar-refractivity contribution >= 4 is 49.6 Å². The van der Waals surface area contributed by atoms with Crippen LogP contribution in [0.3, 0.4) is 0 Å². The number of carbonyl (C=O) groups excluding carboxylic acids is 1. The normalized spacial score (nSPS) is 12.8. The summed E-state index contributed by atoms with van der Waals surface area (Å²) in [5, 5.41) is 13.6. The number of halogens is 1. The first-order valence-corrected chi connectivity index (χ1v) is 15.2. The Morgan fingerprint density at radius 1 is 1.05 bits per heavy atom.